The molecule has 0 saturated heterocycles. The average Bonchev–Trinajstić information content (AvgIpc) is 1.64. The third-order valence-electron chi connectivity index (χ3n) is 19.3. The van der Waals surface area contributed by atoms with E-state index in [1.54, 1.807) is 24.5 Å². The summed E-state index contributed by atoms with van der Waals surface area (Å²) in [6, 6.07) is 37.1. The smallest absolute Gasteiger partial charge is 0.123 e. The van der Waals surface area contributed by atoms with Crippen LogP contribution in [0.2, 0.25) is 0 Å². The van der Waals surface area contributed by atoms with Crippen LogP contribution >= 0.6 is 0 Å². The Kier molecular flexibility index (Phi) is 18.4. The van der Waals surface area contributed by atoms with Crippen molar-refractivity contribution in [2.24, 2.45) is 7.05 Å². The molecule has 0 radical (unpaired) electrons. The maximum Gasteiger partial charge on any atom is 0.123 e. The van der Waals surface area contributed by atoms with Gasteiger partial charge in [0.05, 0.1) is 16.6 Å². The lowest BCUT2D eigenvalue weighted by molar-refractivity contribution is 0.310. The third kappa shape index (κ3) is 13.8. The molecule has 0 unspecified atom stereocenters. The number of rotatable bonds is 4. The summed E-state index contributed by atoms with van der Waals surface area (Å²) in [5.74, 6) is 13.0. The van der Waals surface area contributed by atoms with Crippen molar-refractivity contribution in [2.45, 2.75) is 106 Å². The van der Waals surface area contributed by atoms with E-state index in [0.717, 1.165) is 130 Å². The lowest BCUT2D eigenvalue weighted by Gasteiger charge is -2.23. The molecule has 11 nitrogen and oxygen atoms in total. The molecule has 4 aliphatic heterocycles. The molecule has 12 heteroatoms. The van der Waals surface area contributed by atoms with Gasteiger partial charge in [0.25, 0.3) is 0 Å². The molecule has 7 aromatic heterocycles. The van der Waals surface area contributed by atoms with Crippen molar-refractivity contribution in [1.82, 2.24) is 54.1 Å². The van der Waals surface area contributed by atoms with Gasteiger partial charge in [0.15, 0.2) is 0 Å². The summed E-state index contributed by atoms with van der Waals surface area (Å²) in [5, 5.41) is 5.41. The Morgan fingerprint density at radius 2 is 0.926 bits per heavy atom. The topological polar surface area (TPSA) is 104 Å². The van der Waals surface area contributed by atoms with Crippen molar-refractivity contribution in [3.8, 4) is 34.8 Å². The first kappa shape index (κ1) is 63.4. The van der Waals surface area contributed by atoms with Crippen molar-refractivity contribution in [1.29, 1.82) is 0 Å². The molecule has 0 fully saturated rings. The lowest BCUT2D eigenvalue weighted by Crippen LogP contribution is -2.26. The number of benzene rings is 5. The summed E-state index contributed by atoms with van der Waals surface area (Å²) < 4.78 is 15.6. The first-order chi connectivity index (χ1) is 45.4. The fourth-order valence-electron chi connectivity index (χ4n) is 14.3. The molecule has 94 heavy (non-hydrogen) atoms. The quantitative estimate of drug-likeness (QED) is 0.151. The highest BCUT2D eigenvalue weighted by Crippen LogP contribution is 2.38. The molecule has 0 bridgehead atoms. The van der Waals surface area contributed by atoms with Crippen molar-refractivity contribution in [3.63, 3.8) is 0 Å². The Morgan fingerprint density at radius 1 is 0.447 bits per heavy atom. The van der Waals surface area contributed by atoms with Gasteiger partial charge in [-0.1, -0.05) is 53.5 Å². The van der Waals surface area contributed by atoms with Crippen LogP contribution in [0.5, 0.6) is 0 Å². The molecule has 11 heterocycles. The molecule has 0 amide bonds. The van der Waals surface area contributed by atoms with Gasteiger partial charge in [-0.05, 0) is 223 Å². The van der Waals surface area contributed by atoms with Crippen LogP contribution in [0.4, 0.5) is 4.39 Å². The second-order valence-electron chi connectivity index (χ2n) is 26.9. The average molecular weight is 1240 g/mol. The highest BCUT2D eigenvalue weighted by Gasteiger charge is 2.25. The summed E-state index contributed by atoms with van der Waals surface area (Å²) in [4.78, 5) is 33.3. The van der Waals surface area contributed by atoms with E-state index < -0.39 is 0 Å². The third-order valence-corrected chi connectivity index (χ3v) is 19.3. The highest BCUT2D eigenvalue weighted by atomic mass is 19.1. The summed E-state index contributed by atoms with van der Waals surface area (Å²) in [6.45, 7) is 21.2. The van der Waals surface area contributed by atoms with E-state index in [-0.39, 0.29) is 5.82 Å². The second kappa shape index (κ2) is 27.3. The zero-order chi connectivity index (χ0) is 65.3. The molecule has 4 aliphatic rings. The summed E-state index contributed by atoms with van der Waals surface area (Å²) in [6.07, 6.45) is 13.9. The van der Waals surface area contributed by atoms with Crippen LogP contribution in [-0.4, -0.2) is 108 Å². The molecule has 0 spiro atoms. The molecule has 0 saturated carbocycles. The SMILES string of the molecule is Cc1cc(-c2ccc(F)cc2)c2c(c1)c1c(n2C)CCN(C)C1.Cc1cc(C#Cc2ccc(C)nc2)c2[nH]c3c(c2c1)CN(C)CC3.Cc1cc(C#Cc2ccncc2)c2[nH]c3c(c2c1)CN(C)CC3.Cc1cc(CCc2ccc(C)nc2)c2[nH]c3c(c2c1)CN(C)CC3. The van der Waals surface area contributed by atoms with Gasteiger partial charge in [-0.2, -0.15) is 0 Å². The van der Waals surface area contributed by atoms with Gasteiger partial charge in [-0.3, -0.25) is 15.0 Å². The minimum absolute atomic E-state index is 0.189. The highest BCUT2D eigenvalue weighted by molar-refractivity contribution is 5.99. The number of pyridine rings is 3. The maximum atomic E-state index is 13.3. The predicted molar refractivity (Wildman–Crippen MR) is 384 cm³/mol. The number of aromatic nitrogens is 7. The predicted octanol–water partition coefficient (Wildman–Crippen LogP) is 15.1. The first-order valence-electron chi connectivity index (χ1n) is 33.3. The molecule has 0 atom stereocenters. The van der Waals surface area contributed by atoms with Gasteiger partial charge in [-0.15, -0.1) is 0 Å². The maximum absolute atomic E-state index is 13.3. The number of hydrogen-bond acceptors (Lipinski definition) is 7. The van der Waals surface area contributed by atoms with Crippen LogP contribution in [0, 0.1) is 71.0 Å². The summed E-state index contributed by atoms with van der Waals surface area (Å²) in [5.41, 5.74) is 32.7. The minimum Gasteiger partial charge on any atom is -0.358 e. The van der Waals surface area contributed by atoms with E-state index in [1.165, 1.54) is 128 Å². The normalized spacial score (nSPS) is 14.7. The fourth-order valence-corrected chi connectivity index (χ4v) is 14.3. The number of aromatic amines is 3. The van der Waals surface area contributed by atoms with E-state index in [1.807, 2.05) is 62.6 Å². The number of halogens is 1. The molecule has 476 valence electrons. The van der Waals surface area contributed by atoms with E-state index in [2.05, 4.69) is 201 Å². The Bertz CT molecular complexity index is 4900. The van der Waals surface area contributed by atoms with Gasteiger partial charge >= 0.3 is 0 Å². The largest absolute Gasteiger partial charge is 0.358 e. The molecule has 12 aromatic rings. The molecular weight excluding hydrogens is 1160 g/mol. The minimum atomic E-state index is -0.189. The number of likely N-dealkylation sites (N-methyl/N-ethyl adjacent to an activating group) is 4. The first-order valence-corrected chi connectivity index (χ1v) is 33.3. The van der Waals surface area contributed by atoms with Crippen molar-refractivity contribution in [3.05, 3.63) is 252 Å². The molecule has 5 aromatic carbocycles. The summed E-state index contributed by atoms with van der Waals surface area (Å²) in [7, 11) is 10.9. The van der Waals surface area contributed by atoms with Crippen LogP contribution in [0.1, 0.15) is 112 Å². The number of fused-ring (bicyclic) bond motifs is 12. The molecule has 0 aliphatic carbocycles. The van der Waals surface area contributed by atoms with Gasteiger partial charge in [0.2, 0.25) is 0 Å². The van der Waals surface area contributed by atoms with Gasteiger partial charge < -0.3 is 39.1 Å². The molecule has 3 N–H and O–H groups in total. The number of nitrogens with one attached hydrogen (secondary N) is 3. The van der Waals surface area contributed by atoms with Crippen LogP contribution < -0.4 is 0 Å². The number of nitrogens with zero attached hydrogens (tertiary/aromatic N) is 8. The van der Waals surface area contributed by atoms with Crippen LogP contribution in [0.3, 0.4) is 0 Å². The van der Waals surface area contributed by atoms with E-state index >= 15 is 0 Å². The standard InChI is InChI=1S/C21H25N3.C21H21N3.C20H21FN2.C20H19N3/c2*1-14-10-17(7-6-16-5-4-15(2)22-12-16)21-18(11-14)19-13-24(3)9-8-20(19)23-21;1-13-10-16(14-4-6-15(21)7-5-14)20-17(11-13)18-12-22(2)9-8-19(18)23(20)3;1-14-11-16(4-3-15-5-8-21-9-6-15)20-17(12-14)18-13-23(2)10-7-19(18)22-20/h4-5,10-12,23H,6-9,13H2,1-3H3;4-5,10-12,23H,8-9,13H2,1-3H3;4-7,10-11H,8-9,12H2,1-3H3;5-6,8-9,11-12,22H,7,10,13H2,1-2H3. The number of H-pyrrole nitrogens is 3. The zero-order valence-corrected chi connectivity index (χ0v) is 56.6. The van der Waals surface area contributed by atoms with Crippen molar-refractivity contribution in [2.75, 3.05) is 54.4 Å². The van der Waals surface area contributed by atoms with Crippen LogP contribution in [0.15, 0.2) is 134 Å². The Hall–Kier alpha value is -9.40. The van der Waals surface area contributed by atoms with Gasteiger partial charge in [0.1, 0.15) is 5.82 Å². The van der Waals surface area contributed by atoms with Gasteiger partial charge in [-0.25, -0.2) is 4.39 Å². The Morgan fingerprint density at radius 3 is 1.47 bits per heavy atom. The summed E-state index contributed by atoms with van der Waals surface area (Å²) >= 11 is 0. The number of hydrogen-bond donors (Lipinski definition) is 3. The Labute approximate surface area is 553 Å². The Balaban J connectivity index is 0.000000114. The van der Waals surface area contributed by atoms with E-state index in [4.69, 9.17) is 0 Å². The van der Waals surface area contributed by atoms with Crippen LogP contribution in [0.25, 0.3) is 54.7 Å². The van der Waals surface area contributed by atoms with E-state index in [0.29, 0.717) is 0 Å². The molecule has 16 rings (SSSR count). The van der Waals surface area contributed by atoms with Crippen molar-refractivity contribution >= 4 is 43.6 Å². The lowest BCUT2D eigenvalue weighted by atomic mass is 9.97. The monoisotopic (exact) mass is 1240 g/mol. The number of aryl methyl sites for hydroxylation is 9. The van der Waals surface area contributed by atoms with Gasteiger partial charge in [0, 0.05) is 199 Å². The van der Waals surface area contributed by atoms with Crippen LogP contribution in [-0.2, 0) is 71.8 Å². The fraction of sp³-hybridized carbons (Fsp3) is 0.305. The van der Waals surface area contributed by atoms with Crippen molar-refractivity contribution < 1.29 is 4.39 Å². The zero-order valence-electron chi connectivity index (χ0n) is 56.6. The van der Waals surface area contributed by atoms with E-state index in [9.17, 15) is 4.39 Å². The molecular formula is C82H86FN11. The second-order valence-corrected chi connectivity index (χ2v) is 26.9.